The van der Waals surface area contributed by atoms with Crippen LogP contribution in [0.1, 0.15) is 71.0 Å². The van der Waals surface area contributed by atoms with Crippen LogP contribution in [0.15, 0.2) is 18.6 Å². The predicted octanol–water partition coefficient (Wildman–Crippen LogP) is 4.02. The molecular formula is C24H24Cl2F3N5O5. The van der Waals surface area contributed by atoms with Gasteiger partial charge in [0.05, 0.1) is 45.9 Å². The molecule has 0 bridgehead atoms. The third-order valence-electron chi connectivity index (χ3n) is 6.97. The lowest BCUT2D eigenvalue weighted by Crippen LogP contribution is -2.44. The first kappa shape index (κ1) is 28.8. The average molecular weight is 590 g/mol. The second kappa shape index (κ2) is 11.5. The zero-order valence-corrected chi connectivity index (χ0v) is 21.9. The van der Waals surface area contributed by atoms with E-state index < -0.39 is 59.6 Å². The van der Waals surface area contributed by atoms with Gasteiger partial charge in [-0.1, -0.05) is 23.2 Å². The molecule has 4 rings (SSSR count). The highest BCUT2D eigenvalue weighted by atomic mass is 35.5. The summed E-state index contributed by atoms with van der Waals surface area (Å²) in [5.74, 6) is -3.77. The van der Waals surface area contributed by atoms with E-state index in [0.717, 1.165) is 15.8 Å². The third-order valence-corrected chi connectivity index (χ3v) is 7.54. The summed E-state index contributed by atoms with van der Waals surface area (Å²) in [6.45, 7) is -0.899. The molecule has 2 N–H and O–H groups in total. The lowest BCUT2D eigenvalue weighted by Gasteiger charge is -2.29. The number of alkyl halides is 3. The molecule has 210 valence electrons. The van der Waals surface area contributed by atoms with Crippen molar-refractivity contribution in [2.45, 2.75) is 56.8 Å². The van der Waals surface area contributed by atoms with Gasteiger partial charge in [-0.25, -0.2) is 0 Å². The van der Waals surface area contributed by atoms with E-state index in [1.165, 1.54) is 12.4 Å². The van der Waals surface area contributed by atoms with Gasteiger partial charge in [0, 0.05) is 31.4 Å². The fourth-order valence-electron chi connectivity index (χ4n) is 5.05. The van der Waals surface area contributed by atoms with Crippen molar-refractivity contribution < 1.29 is 37.5 Å². The molecule has 10 nitrogen and oxygen atoms in total. The molecule has 0 unspecified atom stereocenters. The molecule has 2 fully saturated rings. The number of carbonyl (C=O) groups excluding carboxylic acids is 3. The molecule has 1 aliphatic heterocycles. The third kappa shape index (κ3) is 6.35. The maximum Gasteiger partial charge on any atom is 0.433 e. The van der Waals surface area contributed by atoms with Gasteiger partial charge in [-0.15, -0.1) is 0 Å². The molecule has 2 aromatic rings. The highest BCUT2D eigenvalue weighted by Gasteiger charge is 2.43. The number of amides is 2. The molecule has 15 heteroatoms. The number of halogens is 5. The Morgan fingerprint density at radius 3 is 2.26 bits per heavy atom. The summed E-state index contributed by atoms with van der Waals surface area (Å²) < 4.78 is 43.7. The second-order valence-electron chi connectivity index (χ2n) is 9.58. The zero-order chi connectivity index (χ0) is 28.5. The first-order chi connectivity index (χ1) is 18.4. The number of Topliss-reactive ketones (excluding diaryl/α,β-unsaturated/α-hetero) is 1. The molecule has 1 aliphatic carbocycles. The first-order valence-electron chi connectivity index (χ1n) is 12.1. The lowest BCUT2D eigenvalue weighted by molar-refractivity contribution is -0.147. The number of aliphatic carboxylic acids is 1. The maximum absolute atomic E-state index is 14.3. The number of ketones is 1. The lowest BCUT2D eigenvalue weighted by atomic mass is 9.86. The zero-order valence-electron chi connectivity index (χ0n) is 20.4. The molecule has 0 aromatic carbocycles. The normalized spacial score (nSPS) is 21.5. The van der Waals surface area contributed by atoms with Crippen LogP contribution in [0.5, 0.6) is 0 Å². The number of hydrogen-bond acceptors (Lipinski definition) is 6. The summed E-state index contributed by atoms with van der Waals surface area (Å²) in [6.07, 6.45) is -0.671. The Kier molecular flexibility index (Phi) is 8.50. The Morgan fingerprint density at radius 1 is 1.08 bits per heavy atom. The Morgan fingerprint density at radius 2 is 1.72 bits per heavy atom. The van der Waals surface area contributed by atoms with E-state index in [9.17, 15) is 37.5 Å². The van der Waals surface area contributed by atoms with Crippen molar-refractivity contribution in [3.8, 4) is 0 Å². The highest BCUT2D eigenvalue weighted by Crippen LogP contribution is 2.39. The van der Waals surface area contributed by atoms with Gasteiger partial charge in [0.1, 0.15) is 0 Å². The Hall–Kier alpha value is -3.19. The van der Waals surface area contributed by atoms with Crippen molar-refractivity contribution in [3.05, 3.63) is 45.5 Å². The molecule has 3 heterocycles. The number of hydrogen-bond donors (Lipinski definition) is 2. The van der Waals surface area contributed by atoms with Crippen molar-refractivity contribution in [2.24, 2.45) is 5.92 Å². The number of rotatable bonds is 8. The molecule has 2 amide bonds. The monoisotopic (exact) mass is 589 g/mol. The summed E-state index contributed by atoms with van der Waals surface area (Å²) in [7, 11) is 0. The summed E-state index contributed by atoms with van der Waals surface area (Å²) >= 11 is 12.1. The quantitative estimate of drug-likeness (QED) is 0.444. The van der Waals surface area contributed by atoms with Crippen LogP contribution >= 0.6 is 23.2 Å². The average Bonchev–Trinajstić information content (AvgIpc) is 3.49. The van der Waals surface area contributed by atoms with E-state index in [0.29, 0.717) is 6.42 Å². The Labute approximate surface area is 230 Å². The topological polar surface area (TPSA) is 134 Å². The van der Waals surface area contributed by atoms with Crippen LogP contribution in [-0.2, 0) is 15.8 Å². The summed E-state index contributed by atoms with van der Waals surface area (Å²) in [4.78, 5) is 54.4. The summed E-state index contributed by atoms with van der Waals surface area (Å²) in [5.41, 5.74) is -2.17. The first-order valence-corrected chi connectivity index (χ1v) is 12.9. The predicted molar refractivity (Wildman–Crippen MR) is 132 cm³/mol. The molecule has 1 atom stereocenters. The standard InChI is InChI=1S/C24H24Cl2F3N5O5/c25-16-8-30-9-17(26)20(16)18(35)11-33(10-13-3-6-19(36)32-13)22(37)15-7-31-34(21(15)24(27,28)29)14-4-1-12(2-5-14)23(38)39/h7-9,12-14H,1-6,10-11H2,(H,32,36)(H,38,39)/t12?,13-,14?/m1/s1. The summed E-state index contributed by atoms with van der Waals surface area (Å²) in [5, 5.41) is 15.6. The van der Waals surface area contributed by atoms with Crippen molar-refractivity contribution in [1.29, 1.82) is 0 Å². The Bertz CT molecular complexity index is 1270. The number of carbonyl (C=O) groups is 4. The van der Waals surface area contributed by atoms with Gasteiger partial charge in [-0.05, 0) is 32.1 Å². The number of nitrogens with one attached hydrogen (secondary N) is 1. The van der Waals surface area contributed by atoms with Gasteiger partial charge in [0.15, 0.2) is 11.5 Å². The van der Waals surface area contributed by atoms with Crippen molar-refractivity contribution in [2.75, 3.05) is 13.1 Å². The number of carboxylic acid groups (broad SMARTS) is 1. The van der Waals surface area contributed by atoms with Crippen LogP contribution in [0.2, 0.25) is 10.0 Å². The molecule has 2 aliphatic rings. The van der Waals surface area contributed by atoms with Crippen LogP contribution in [0, 0.1) is 5.92 Å². The smallest absolute Gasteiger partial charge is 0.433 e. The molecule has 1 saturated heterocycles. The van der Waals surface area contributed by atoms with E-state index >= 15 is 0 Å². The summed E-state index contributed by atoms with van der Waals surface area (Å²) in [6, 6.07) is -1.33. The maximum atomic E-state index is 14.3. The van der Waals surface area contributed by atoms with Crippen LogP contribution in [0.3, 0.4) is 0 Å². The largest absolute Gasteiger partial charge is 0.481 e. The van der Waals surface area contributed by atoms with Crippen molar-refractivity contribution >= 4 is 46.8 Å². The molecular weight excluding hydrogens is 566 g/mol. The molecule has 39 heavy (non-hydrogen) atoms. The van der Waals surface area contributed by atoms with Crippen LogP contribution in [0.4, 0.5) is 13.2 Å². The number of pyridine rings is 1. The number of aromatic nitrogens is 3. The van der Waals surface area contributed by atoms with E-state index in [-0.39, 0.29) is 60.2 Å². The molecule has 0 spiro atoms. The van der Waals surface area contributed by atoms with Gasteiger partial charge in [0.2, 0.25) is 5.91 Å². The van der Waals surface area contributed by atoms with Crippen LogP contribution in [0.25, 0.3) is 0 Å². The molecule has 1 saturated carbocycles. The van der Waals surface area contributed by atoms with E-state index in [2.05, 4.69) is 15.4 Å². The van der Waals surface area contributed by atoms with E-state index in [1.54, 1.807) is 0 Å². The van der Waals surface area contributed by atoms with Gasteiger partial charge < -0.3 is 15.3 Å². The minimum atomic E-state index is -4.97. The fourth-order valence-corrected chi connectivity index (χ4v) is 5.62. The van der Waals surface area contributed by atoms with E-state index in [4.69, 9.17) is 23.2 Å². The highest BCUT2D eigenvalue weighted by molar-refractivity contribution is 6.39. The van der Waals surface area contributed by atoms with Crippen LogP contribution in [-0.4, -0.2) is 67.5 Å². The van der Waals surface area contributed by atoms with Gasteiger partial charge >= 0.3 is 12.1 Å². The van der Waals surface area contributed by atoms with Crippen molar-refractivity contribution in [3.63, 3.8) is 0 Å². The number of carboxylic acids is 1. The molecule has 2 aromatic heterocycles. The van der Waals surface area contributed by atoms with E-state index in [1.807, 2.05) is 0 Å². The minimum Gasteiger partial charge on any atom is -0.481 e. The SMILES string of the molecule is O=C1CC[C@H](CN(CC(=O)c2c(Cl)cncc2Cl)C(=O)c2cnn(C3CCC(C(=O)O)CC3)c2C(F)(F)F)N1. The minimum absolute atomic E-state index is 0.0881. The fraction of sp³-hybridized carbons (Fsp3) is 0.500. The second-order valence-corrected chi connectivity index (χ2v) is 10.4. The van der Waals surface area contributed by atoms with Crippen molar-refractivity contribution in [1.82, 2.24) is 25.0 Å². The number of nitrogens with zero attached hydrogens (tertiary/aromatic N) is 4. The van der Waals surface area contributed by atoms with Gasteiger partial charge in [-0.2, -0.15) is 18.3 Å². The molecule has 0 radical (unpaired) electrons. The van der Waals surface area contributed by atoms with Crippen LogP contribution < -0.4 is 5.32 Å². The Balaban J connectivity index is 1.66. The van der Waals surface area contributed by atoms with Gasteiger partial charge in [0.25, 0.3) is 5.91 Å². The van der Waals surface area contributed by atoms with Gasteiger partial charge in [-0.3, -0.25) is 28.8 Å².